The van der Waals surface area contributed by atoms with E-state index in [4.69, 9.17) is 25.5 Å². The van der Waals surface area contributed by atoms with Crippen LogP contribution in [0.4, 0.5) is 0 Å². The number of benzene rings is 1. The van der Waals surface area contributed by atoms with Gasteiger partial charge in [-0.15, -0.1) is 0 Å². The lowest BCUT2D eigenvalue weighted by molar-refractivity contribution is 0.171. The average molecular weight is 280 g/mol. The zero-order valence-electron chi connectivity index (χ0n) is 10.5. The van der Waals surface area contributed by atoms with Crippen LogP contribution in [0.2, 0.25) is 5.22 Å². The highest BCUT2D eigenvalue weighted by Gasteiger charge is 2.20. The molecule has 4 nitrogen and oxygen atoms in total. The molecule has 100 valence electrons. The van der Waals surface area contributed by atoms with Crippen LogP contribution >= 0.6 is 11.6 Å². The topological polar surface area (TPSA) is 43.6 Å². The minimum atomic E-state index is -0.0397. The molecule has 1 unspecified atom stereocenters. The van der Waals surface area contributed by atoms with Crippen molar-refractivity contribution in [2.24, 2.45) is 0 Å². The number of hydrogen-bond donors (Lipinski definition) is 1. The van der Waals surface area contributed by atoms with Gasteiger partial charge in [-0.3, -0.25) is 0 Å². The van der Waals surface area contributed by atoms with Crippen molar-refractivity contribution < 1.29 is 13.9 Å². The van der Waals surface area contributed by atoms with E-state index in [-0.39, 0.29) is 6.04 Å². The highest BCUT2D eigenvalue weighted by Crippen LogP contribution is 2.35. The Balaban J connectivity index is 1.98. The Morgan fingerprint density at radius 2 is 1.95 bits per heavy atom. The van der Waals surface area contributed by atoms with Gasteiger partial charge in [-0.2, -0.15) is 0 Å². The Labute approximate surface area is 116 Å². The third-order valence-electron chi connectivity index (χ3n) is 3.15. The third-order valence-corrected chi connectivity index (χ3v) is 3.45. The van der Waals surface area contributed by atoms with Gasteiger partial charge in [0.15, 0.2) is 16.7 Å². The molecule has 1 aliphatic heterocycles. The summed E-state index contributed by atoms with van der Waals surface area (Å²) in [7, 11) is 1.88. The molecule has 0 saturated carbocycles. The first-order valence-corrected chi connectivity index (χ1v) is 6.47. The molecule has 3 rings (SSSR count). The second-order valence-corrected chi connectivity index (χ2v) is 4.62. The van der Waals surface area contributed by atoms with Gasteiger partial charge in [-0.05, 0) is 42.4 Å². The molecular formula is C14H14ClNO3. The van der Waals surface area contributed by atoms with Gasteiger partial charge in [0.05, 0.1) is 12.3 Å². The van der Waals surface area contributed by atoms with Crippen LogP contribution in [-0.4, -0.2) is 20.3 Å². The number of rotatable bonds is 3. The molecule has 1 aliphatic rings. The molecule has 2 heterocycles. The van der Waals surface area contributed by atoms with Gasteiger partial charge < -0.3 is 19.2 Å². The van der Waals surface area contributed by atoms with E-state index in [2.05, 4.69) is 5.32 Å². The van der Waals surface area contributed by atoms with E-state index in [1.54, 1.807) is 6.26 Å². The highest BCUT2D eigenvalue weighted by atomic mass is 35.5. The summed E-state index contributed by atoms with van der Waals surface area (Å²) in [5, 5.41) is 3.63. The second-order valence-electron chi connectivity index (χ2n) is 4.27. The van der Waals surface area contributed by atoms with E-state index in [0.717, 1.165) is 22.6 Å². The molecule has 5 heteroatoms. The normalized spacial score (nSPS) is 15.3. The lowest BCUT2D eigenvalue weighted by Crippen LogP contribution is -2.19. The fourth-order valence-corrected chi connectivity index (χ4v) is 2.48. The monoisotopic (exact) mass is 279 g/mol. The smallest absolute Gasteiger partial charge is 0.198 e. The minimum Gasteiger partial charge on any atom is -0.486 e. The largest absolute Gasteiger partial charge is 0.486 e. The number of nitrogens with one attached hydrogen (secondary N) is 1. The summed E-state index contributed by atoms with van der Waals surface area (Å²) in [6.07, 6.45) is 1.58. The summed E-state index contributed by atoms with van der Waals surface area (Å²) in [4.78, 5) is 0. The van der Waals surface area contributed by atoms with Crippen LogP contribution in [0.25, 0.3) is 0 Å². The maximum atomic E-state index is 6.04. The van der Waals surface area contributed by atoms with Crippen molar-refractivity contribution in [2.75, 3.05) is 20.3 Å². The summed E-state index contributed by atoms with van der Waals surface area (Å²) in [6, 6.07) is 7.71. The molecule has 2 aromatic rings. The summed E-state index contributed by atoms with van der Waals surface area (Å²) in [5.74, 6) is 1.55. The molecule has 1 aromatic heterocycles. The number of hydrogen-bond acceptors (Lipinski definition) is 4. The van der Waals surface area contributed by atoms with E-state index in [1.807, 2.05) is 31.3 Å². The molecule has 0 fully saturated rings. The summed E-state index contributed by atoms with van der Waals surface area (Å²) in [5.41, 5.74) is 1.95. The number of halogens is 1. The predicted molar refractivity (Wildman–Crippen MR) is 72.1 cm³/mol. The molecular weight excluding hydrogens is 266 g/mol. The molecule has 0 spiro atoms. The summed E-state index contributed by atoms with van der Waals surface area (Å²) in [6.45, 7) is 1.17. The molecule has 0 aliphatic carbocycles. The van der Waals surface area contributed by atoms with Gasteiger partial charge in [-0.1, -0.05) is 6.07 Å². The van der Waals surface area contributed by atoms with Crippen LogP contribution in [0, 0.1) is 0 Å². The van der Waals surface area contributed by atoms with E-state index < -0.39 is 0 Å². The van der Waals surface area contributed by atoms with Crippen molar-refractivity contribution in [3.05, 3.63) is 46.9 Å². The van der Waals surface area contributed by atoms with Crippen molar-refractivity contribution in [3.63, 3.8) is 0 Å². The van der Waals surface area contributed by atoms with Crippen LogP contribution in [0.1, 0.15) is 17.2 Å². The van der Waals surface area contributed by atoms with Crippen LogP contribution in [0.5, 0.6) is 11.5 Å². The van der Waals surface area contributed by atoms with E-state index >= 15 is 0 Å². The molecule has 19 heavy (non-hydrogen) atoms. The lowest BCUT2D eigenvalue weighted by atomic mass is 10.0. The maximum absolute atomic E-state index is 6.04. The molecule has 0 bridgehead atoms. The highest BCUT2D eigenvalue weighted by molar-refractivity contribution is 6.29. The van der Waals surface area contributed by atoms with Crippen molar-refractivity contribution in [1.82, 2.24) is 5.32 Å². The Morgan fingerprint density at radius 1 is 1.16 bits per heavy atom. The number of furan rings is 1. The first-order valence-electron chi connectivity index (χ1n) is 6.09. The van der Waals surface area contributed by atoms with Crippen LogP contribution < -0.4 is 14.8 Å². The van der Waals surface area contributed by atoms with Crippen molar-refractivity contribution >= 4 is 11.6 Å². The van der Waals surface area contributed by atoms with Crippen LogP contribution in [0.15, 0.2) is 34.9 Å². The van der Waals surface area contributed by atoms with Gasteiger partial charge in [0.1, 0.15) is 13.2 Å². The fraction of sp³-hybridized carbons (Fsp3) is 0.286. The molecule has 0 radical (unpaired) electrons. The number of fused-ring (bicyclic) bond motifs is 1. The summed E-state index contributed by atoms with van der Waals surface area (Å²) < 4.78 is 16.3. The Bertz CT molecular complexity index is 582. The Kier molecular flexibility index (Phi) is 3.36. The Morgan fingerprint density at radius 3 is 2.63 bits per heavy atom. The van der Waals surface area contributed by atoms with Gasteiger partial charge in [0.2, 0.25) is 0 Å². The van der Waals surface area contributed by atoms with Gasteiger partial charge in [0, 0.05) is 5.56 Å². The molecule has 1 N–H and O–H groups in total. The minimum absolute atomic E-state index is 0.0397. The fourth-order valence-electron chi connectivity index (χ4n) is 2.25. The third kappa shape index (κ3) is 2.29. The van der Waals surface area contributed by atoms with Crippen molar-refractivity contribution in [2.45, 2.75) is 6.04 Å². The quantitative estimate of drug-likeness (QED) is 0.938. The standard InChI is InChI=1S/C14H14ClNO3/c1-16-13(10-4-5-19-14(10)15)9-2-3-11-12(8-9)18-7-6-17-11/h2-5,8,13,16H,6-7H2,1H3. The van der Waals surface area contributed by atoms with Gasteiger partial charge in [-0.25, -0.2) is 0 Å². The molecule has 0 saturated heterocycles. The maximum Gasteiger partial charge on any atom is 0.198 e. The predicted octanol–water partition coefficient (Wildman–Crippen LogP) is 3.01. The Hall–Kier alpha value is -1.65. The van der Waals surface area contributed by atoms with E-state index in [9.17, 15) is 0 Å². The van der Waals surface area contributed by atoms with Gasteiger partial charge >= 0.3 is 0 Å². The first kappa shape index (κ1) is 12.4. The van der Waals surface area contributed by atoms with E-state index in [1.165, 1.54) is 0 Å². The SMILES string of the molecule is CNC(c1ccc2c(c1)OCCO2)c1ccoc1Cl. The molecule has 0 amide bonds. The molecule has 1 aromatic carbocycles. The van der Waals surface area contributed by atoms with Crippen LogP contribution in [0.3, 0.4) is 0 Å². The molecule has 1 atom stereocenters. The number of ether oxygens (including phenoxy) is 2. The lowest BCUT2D eigenvalue weighted by Gasteiger charge is -2.21. The van der Waals surface area contributed by atoms with E-state index in [0.29, 0.717) is 18.4 Å². The van der Waals surface area contributed by atoms with Crippen LogP contribution in [-0.2, 0) is 0 Å². The van der Waals surface area contributed by atoms with Crippen molar-refractivity contribution in [1.29, 1.82) is 0 Å². The van der Waals surface area contributed by atoms with Crippen molar-refractivity contribution in [3.8, 4) is 11.5 Å². The zero-order valence-corrected chi connectivity index (χ0v) is 11.2. The van der Waals surface area contributed by atoms with Gasteiger partial charge in [0.25, 0.3) is 0 Å². The summed E-state index contributed by atoms with van der Waals surface area (Å²) >= 11 is 6.04. The average Bonchev–Trinajstić information content (AvgIpc) is 2.86. The second kappa shape index (κ2) is 5.15. The first-order chi connectivity index (χ1) is 9.29. The zero-order chi connectivity index (χ0) is 13.2.